The lowest BCUT2D eigenvalue weighted by Crippen LogP contribution is -2.71. The van der Waals surface area contributed by atoms with Gasteiger partial charge in [-0.1, -0.05) is 6.92 Å². The zero-order valence-electron chi connectivity index (χ0n) is 21.7. The monoisotopic (exact) mass is 659 g/mol. The lowest BCUT2D eigenvalue weighted by molar-refractivity contribution is -0.307. The standard InChI is InChI=1S/C18H31NO18S3.H2O/c1-16(2)12(19-38(24,25)26)13(21)17(3,11(36-16)6-34-39(27,28)29)7-33-8-18(4)14(37-40(30,31)32)9(20)5-10(35-18)15(22)23;/h5,9,11-14,19-21H,6-8H2,1-4H3,(H,22,23)(H,24,25,26)(H,27,28,29)(H,30,31,32);1H2/p-4/t9-,11?,12?,13+,14?,17-,18-;/m1./s1. The molecule has 0 aromatic rings. The van der Waals surface area contributed by atoms with E-state index in [9.17, 15) is 59.0 Å². The van der Waals surface area contributed by atoms with Gasteiger partial charge in [0.1, 0.15) is 23.9 Å². The van der Waals surface area contributed by atoms with Crippen molar-refractivity contribution in [3.05, 3.63) is 11.8 Å². The molecular weight excluding hydrogens is 630 g/mol. The molecule has 23 heteroatoms. The molecule has 2 aliphatic heterocycles. The number of carboxylic acid groups (broad SMARTS) is 1. The van der Waals surface area contributed by atoms with E-state index in [1.165, 1.54) is 13.8 Å². The van der Waals surface area contributed by atoms with Gasteiger partial charge in [0.25, 0.3) is 0 Å². The summed E-state index contributed by atoms with van der Waals surface area (Å²) >= 11 is 0. The number of ether oxygens (including phenoxy) is 3. The van der Waals surface area contributed by atoms with Gasteiger partial charge in [-0.25, -0.2) is 30.0 Å². The first-order valence-corrected chi connectivity index (χ1v) is 15.1. The van der Waals surface area contributed by atoms with Crippen LogP contribution < -0.4 is 9.83 Å². The second-order valence-corrected chi connectivity index (χ2v) is 13.2. The van der Waals surface area contributed by atoms with Crippen molar-refractivity contribution in [3.8, 4) is 0 Å². The highest BCUT2D eigenvalue weighted by Crippen LogP contribution is 2.43. The van der Waals surface area contributed by atoms with Crippen molar-refractivity contribution in [2.45, 2.75) is 69.4 Å². The first-order valence-electron chi connectivity index (χ1n) is 11.0. The Morgan fingerprint density at radius 3 is 2.05 bits per heavy atom. The fraction of sp³-hybridized carbons (Fsp3) is 0.833. The lowest BCUT2D eigenvalue weighted by Gasteiger charge is -2.55. The maximum absolute atomic E-state index is 11.4. The summed E-state index contributed by atoms with van der Waals surface area (Å²) in [4.78, 5) is 11.3. The molecule has 0 aromatic carbocycles. The molecule has 0 amide bonds. The molecule has 7 atom stereocenters. The number of nitrogens with one attached hydrogen (secondary N) is 1. The Morgan fingerprint density at radius 2 is 1.59 bits per heavy atom. The van der Waals surface area contributed by atoms with Crippen LogP contribution in [0.15, 0.2) is 11.8 Å². The van der Waals surface area contributed by atoms with Crippen LogP contribution in [0, 0.1) is 5.41 Å². The Morgan fingerprint density at radius 1 is 1.02 bits per heavy atom. The summed E-state index contributed by atoms with van der Waals surface area (Å²) in [5.74, 6) is -2.92. The lowest BCUT2D eigenvalue weighted by atomic mass is 9.70. The number of carboxylic acids is 1. The molecule has 0 radical (unpaired) electrons. The number of aliphatic hydroxyl groups excluding tert-OH is 2. The van der Waals surface area contributed by atoms with Crippen LogP contribution in [-0.2, 0) is 58.5 Å². The molecule has 0 saturated carbocycles. The normalized spacial score (nSPS) is 34.2. The minimum Gasteiger partial charge on any atom is -0.735 e. The van der Waals surface area contributed by atoms with Crippen molar-refractivity contribution in [3.63, 3.8) is 0 Å². The van der Waals surface area contributed by atoms with Gasteiger partial charge in [0.05, 0.1) is 43.7 Å². The minimum absolute atomic E-state index is 0. The molecule has 1 saturated heterocycles. The first kappa shape index (κ1) is 37.4. The molecule has 0 aliphatic carbocycles. The summed E-state index contributed by atoms with van der Waals surface area (Å²) < 4.78 is 128. The van der Waals surface area contributed by atoms with E-state index in [0.717, 1.165) is 13.8 Å². The number of carbonyl (C=O) groups is 1. The largest absolute Gasteiger partial charge is 0.735 e. The summed E-state index contributed by atoms with van der Waals surface area (Å²) in [5.41, 5.74) is -5.85. The van der Waals surface area contributed by atoms with E-state index in [1.54, 1.807) is 4.72 Å². The van der Waals surface area contributed by atoms with Crippen molar-refractivity contribution >= 4 is 37.1 Å². The SMILES string of the molecule is CC1(C)OC(COS(=O)(=O)[O-])[C@@](C)(COC[C@@]2(C)OC(C(=O)[O-])=C[C@@H](O)C2OS(=O)(=O)[O-])[C@@H](O)C1NS(=O)(=O)[O-].O. The van der Waals surface area contributed by atoms with E-state index in [4.69, 9.17) is 14.2 Å². The number of aliphatic carboxylic acids is 1. The zero-order valence-corrected chi connectivity index (χ0v) is 24.2. The van der Waals surface area contributed by atoms with E-state index < -0.39 is 110 Å². The van der Waals surface area contributed by atoms with Crippen molar-refractivity contribution in [2.24, 2.45) is 5.41 Å². The number of aliphatic hydroxyl groups is 2. The van der Waals surface area contributed by atoms with Crippen LogP contribution in [-0.4, -0.2) is 122 Å². The molecule has 2 rings (SSSR count). The number of hydrogen-bond acceptors (Lipinski definition) is 18. The Kier molecular flexibility index (Phi) is 11.5. The summed E-state index contributed by atoms with van der Waals surface area (Å²) in [6.07, 6.45) is -7.07. The molecule has 0 bridgehead atoms. The van der Waals surface area contributed by atoms with Crippen LogP contribution in [0.4, 0.5) is 0 Å². The van der Waals surface area contributed by atoms with Gasteiger partial charge < -0.3 is 53.5 Å². The van der Waals surface area contributed by atoms with Gasteiger partial charge >= 0.3 is 0 Å². The van der Waals surface area contributed by atoms with Gasteiger partial charge in [0, 0.05) is 5.41 Å². The van der Waals surface area contributed by atoms with Crippen molar-refractivity contribution in [2.75, 3.05) is 19.8 Å². The average Bonchev–Trinajstić information content (AvgIpc) is 2.74. The molecule has 2 aliphatic rings. The predicted molar refractivity (Wildman–Crippen MR) is 123 cm³/mol. The van der Waals surface area contributed by atoms with Crippen LogP contribution >= 0.6 is 0 Å². The summed E-state index contributed by atoms with van der Waals surface area (Å²) in [6, 6.07) is -1.68. The van der Waals surface area contributed by atoms with Crippen molar-refractivity contribution < 1.29 is 87.1 Å². The molecule has 0 aromatic heterocycles. The van der Waals surface area contributed by atoms with Crippen LogP contribution in [0.1, 0.15) is 27.7 Å². The van der Waals surface area contributed by atoms with Gasteiger partial charge in [-0.3, -0.25) is 8.37 Å². The Balaban J connectivity index is 0.00000840. The van der Waals surface area contributed by atoms with E-state index in [1.807, 2.05) is 0 Å². The summed E-state index contributed by atoms with van der Waals surface area (Å²) in [5, 5.41) is 32.7. The van der Waals surface area contributed by atoms with Crippen LogP contribution in [0.5, 0.6) is 0 Å². The van der Waals surface area contributed by atoms with Gasteiger partial charge in [-0.2, -0.15) is 0 Å². The van der Waals surface area contributed by atoms with E-state index in [-0.39, 0.29) is 5.48 Å². The number of carbonyl (C=O) groups excluding carboxylic acids is 1. The zero-order chi connectivity index (χ0) is 31.1. The molecule has 3 unspecified atom stereocenters. The van der Waals surface area contributed by atoms with Gasteiger partial charge in [-0.15, -0.1) is 0 Å². The fourth-order valence-corrected chi connectivity index (χ4v) is 5.95. The van der Waals surface area contributed by atoms with Crippen LogP contribution in [0.3, 0.4) is 0 Å². The second kappa shape index (κ2) is 12.6. The topological polar surface area (TPSA) is 342 Å². The quantitative estimate of drug-likeness (QED) is 0.130. The third-order valence-corrected chi connectivity index (χ3v) is 7.77. The van der Waals surface area contributed by atoms with Gasteiger partial charge in [0.2, 0.25) is 20.8 Å². The molecule has 2 heterocycles. The number of hydrogen-bond donors (Lipinski definition) is 3. The Bertz CT molecular complexity index is 1310. The van der Waals surface area contributed by atoms with Crippen LogP contribution in [0.25, 0.3) is 0 Å². The molecule has 41 heavy (non-hydrogen) atoms. The maximum atomic E-state index is 11.4. The van der Waals surface area contributed by atoms with Crippen LogP contribution in [0.2, 0.25) is 0 Å². The second-order valence-electron chi connectivity index (χ2n) is 10.0. The van der Waals surface area contributed by atoms with Crippen molar-refractivity contribution in [1.82, 2.24) is 4.72 Å². The summed E-state index contributed by atoms with van der Waals surface area (Å²) in [6.45, 7) is 1.90. The van der Waals surface area contributed by atoms with Gasteiger partial charge in [-0.05, 0) is 26.8 Å². The highest BCUT2D eigenvalue weighted by atomic mass is 32.3. The smallest absolute Gasteiger partial charge is 0.218 e. The first-order chi connectivity index (χ1) is 17.8. The molecule has 242 valence electrons. The third kappa shape index (κ3) is 9.72. The Hall–Kier alpha value is -1.58. The molecule has 5 N–H and O–H groups in total. The fourth-order valence-electron chi connectivity index (χ4n) is 4.36. The molecular formula is C18H29NO19S3-4. The highest BCUT2D eigenvalue weighted by molar-refractivity contribution is 7.83. The summed E-state index contributed by atoms with van der Waals surface area (Å²) in [7, 11) is -16.0. The van der Waals surface area contributed by atoms with E-state index in [2.05, 4.69) is 8.37 Å². The van der Waals surface area contributed by atoms with Gasteiger partial charge in [0.15, 0.2) is 15.9 Å². The third-order valence-electron chi connectivity index (χ3n) is 6.36. The molecule has 1 fully saturated rings. The molecule has 0 spiro atoms. The molecule has 20 nitrogen and oxygen atoms in total. The minimum atomic E-state index is -5.50. The van der Waals surface area contributed by atoms with E-state index in [0.29, 0.717) is 6.08 Å². The predicted octanol–water partition coefficient (Wildman–Crippen LogP) is -5.75. The van der Waals surface area contributed by atoms with E-state index >= 15 is 0 Å². The van der Waals surface area contributed by atoms with Crippen molar-refractivity contribution in [1.29, 1.82) is 0 Å². The number of rotatable bonds is 12. The maximum Gasteiger partial charge on any atom is 0.218 e. The average molecular weight is 660 g/mol. The highest BCUT2D eigenvalue weighted by Gasteiger charge is 2.57. The Labute approximate surface area is 235 Å².